The average molecular weight is 373 g/mol. The van der Waals surface area contributed by atoms with Crippen LogP contribution >= 0.6 is 11.6 Å². The quantitative estimate of drug-likeness (QED) is 0.687. The third kappa shape index (κ3) is 3.92. The van der Waals surface area contributed by atoms with Crippen molar-refractivity contribution in [3.63, 3.8) is 0 Å². The van der Waals surface area contributed by atoms with Gasteiger partial charge in [0.25, 0.3) is 0 Å². The number of nitrogens with one attached hydrogen (secondary N) is 2. The second-order valence-corrected chi connectivity index (χ2v) is 8.86. The molecule has 1 aliphatic carbocycles. The van der Waals surface area contributed by atoms with E-state index in [2.05, 4.69) is 17.6 Å². The highest BCUT2D eigenvalue weighted by atomic mass is 35.5. The van der Waals surface area contributed by atoms with Crippen LogP contribution in [0.15, 0.2) is 29.2 Å². The minimum absolute atomic E-state index is 0.160. The summed E-state index contributed by atoms with van der Waals surface area (Å²) in [5.41, 5.74) is 0. The Labute approximate surface area is 149 Å². The molecule has 1 saturated carbocycles. The molecule has 0 aliphatic heterocycles. The maximum absolute atomic E-state index is 13.1. The van der Waals surface area contributed by atoms with Crippen molar-refractivity contribution in [2.75, 3.05) is 19.6 Å². The number of rotatable bonds is 8. The van der Waals surface area contributed by atoms with Crippen molar-refractivity contribution in [2.24, 2.45) is 0 Å². The van der Waals surface area contributed by atoms with E-state index < -0.39 is 14.6 Å². The van der Waals surface area contributed by atoms with Gasteiger partial charge in [-0.1, -0.05) is 31.4 Å². The zero-order valence-corrected chi connectivity index (χ0v) is 15.5. The first-order chi connectivity index (χ1) is 11.4. The molecule has 0 aromatic heterocycles. The minimum Gasteiger partial charge on any atom is -0.353 e. The standard InChI is InChI=1S/C17H25ClN2O3S/c1-2-11-19-12-13-20-16(21)17(9-3-4-10-17)24(22,23)15-7-5-14(18)6-8-15/h5-8,19H,2-4,9-13H2,1H3,(H,20,21). The van der Waals surface area contributed by atoms with E-state index in [-0.39, 0.29) is 10.8 Å². The molecule has 1 fully saturated rings. The van der Waals surface area contributed by atoms with Crippen molar-refractivity contribution in [2.45, 2.75) is 48.7 Å². The van der Waals surface area contributed by atoms with Crippen LogP contribution in [0.4, 0.5) is 0 Å². The SMILES string of the molecule is CCCNCCNC(=O)C1(S(=O)(=O)c2ccc(Cl)cc2)CCCC1. The van der Waals surface area contributed by atoms with E-state index in [4.69, 9.17) is 11.6 Å². The molecule has 0 heterocycles. The Hall–Kier alpha value is -1.11. The van der Waals surface area contributed by atoms with Crippen LogP contribution in [0, 0.1) is 0 Å². The van der Waals surface area contributed by atoms with E-state index in [1.54, 1.807) is 12.1 Å². The summed E-state index contributed by atoms with van der Waals surface area (Å²) in [7, 11) is -3.75. The van der Waals surface area contributed by atoms with Crippen LogP contribution in [0.5, 0.6) is 0 Å². The van der Waals surface area contributed by atoms with Crippen LogP contribution in [-0.2, 0) is 14.6 Å². The highest BCUT2D eigenvalue weighted by molar-refractivity contribution is 7.93. The summed E-state index contributed by atoms with van der Waals surface area (Å²) in [6.07, 6.45) is 3.24. The summed E-state index contributed by atoms with van der Waals surface area (Å²) < 4.78 is 24.9. The lowest BCUT2D eigenvalue weighted by atomic mass is 10.1. The molecule has 0 radical (unpaired) electrons. The Kier molecular flexibility index (Phi) is 6.66. The zero-order valence-electron chi connectivity index (χ0n) is 14.0. The van der Waals surface area contributed by atoms with Gasteiger partial charge in [0.2, 0.25) is 5.91 Å². The Morgan fingerprint density at radius 2 is 1.75 bits per heavy atom. The molecule has 2 N–H and O–H groups in total. The van der Waals surface area contributed by atoms with Crippen LogP contribution in [0.1, 0.15) is 39.0 Å². The Morgan fingerprint density at radius 1 is 1.12 bits per heavy atom. The Bertz CT molecular complexity index is 653. The van der Waals surface area contributed by atoms with Gasteiger partial charge in [-0.05, 0) is 50.1 Å². The van der Waals surface area contributed by atoms with Crippen molar-refractivity contribution in [1.82, 2.24) is 10.6 Å². The number of carbonyl (C=O) groups excluding carboxylic acids is 1. The maximum Gasteiger partial charge on any atom is 0.241 e. The van der Waals surface area contributed by atoms with E-state index in [0.29, 0.717) is 31.0 Å². The molecular formula is C17H25ClN2O3S. The van der Waals surface area contributed by atoms with Crippen LogP contribution < -0.4 is 10.6 Å². The van der Waals surface area contributed by atoms with Gasteiger partial charge in [-0.15, -0.1) is 0 Å². The fourth-order valence-electron chi connectivity index (χ4n) is 3.13. The van der Waals surface area contributed by atoms with E-state index >= 15 is 0 Å². The molecule has 0 bridgehead atoms. The Balaban J connectivity index is 2.17. The zero-order chi connectivity index (χ0) is 17.6. The summed E-state index contributed by atoms with van der Waals surface area (Å²) in [5, 5.41) is 6.47. The van der Waals surface area contributed by atoms with E-state index in [9.17, 15) is 13.2 Å². The van der Waals surface area contributed by atoms with Gasteiger partial charge in [0.05, 0.1) is 4.90 Å². The summed E-state index contributed by atoms with van der Waals surface area (Å²) >= 11 is 5.85. The van der Waals surface area contributed by atoms with Crippen LogP contribution in [0.25, 0.3) is 0 Å². The van der Waals surface area contributed by atoms with Crippen molar-refractivity contribution in [3.8, 4) is 0 Å². The Morgan fingerprint density at radius 3 is 2.33 bits per heavy atom. The van der Waals surface area contributed by atoms with E-state index in [1.807, 2.05) is 0 Å². The second-order valence-electron chi connectivity index (χ2n) is 6.16. The van der Waals surface area contributed by atoms with Gasteiger partial charge in [-0.25, -0.2) is 8.42 Å². The topological polar surface area (TPSA) is 75.3 Å². The van der Waals surface area contributed by atoms with Gasteiger partial charge in [0.1, 0.15) is 0 Å². The van der Waals surface area contributed by atoms with Gasteiger partial charge in [-0.3, -0.25) is 4.79 Å². The van der Waals surface area contributed by atoms with Crippen molar-refractivity contribution in [3.05, 3.63) is 29.3 Å². The first-order valence-corrected chi connectivity index (χ1v) is 10.3. The lowest BCUT2D eigenvalue weighted by Crippen LogP contribution is -2.51. The first-order valence-electron chi connectivity index (χ1n) is 8.43. The molecule has 134 valence electrons. The molecule has 0 atom stereocenters. The highest BCUT2D eigenvalue weighted by Gasteiger charge is 2.52. The number of halogens is 1. The molecule has 1 amide bonds. The van der Waals surface area contributed by atoms with Crippen molar-refractivity contribution in [1.29, 1.82) is 0 Å². The smallest absolute Gasteiger partial charge is 0.241 e. The number of hydrogen-bond acceptors (Lipinski definition) is 4. The fourth-order valence-corrected chi connectivity index (χ4v) is 5.34. The lowest BCUT2D eigenvalue weighted by Gasteiger charge is -2.27. The molecule has 1 aliphatic rings. The average Bonchev–Trinajstić information content (AvgIpc) is 3.06. The number of sulfone groups is 1. The molecule has 24 heavy (non-hydrogen) atoms. The maximum atomic E-state index is 13.1. The van der Waals surface area contributed by atoms with Gasteiger partial charge in [0.15, 0.2) is 14.6 Å². The number of amides is 1. The number of hydrogen-bond donors (Lipinski definition) is 2. The minimum atomic E-state index is -3.75. The number of benzene rings is 1. The molecule has 5 nitrogen and oxygen atoms in total. The fraction of sp³-hybridized carbons (Fsp3) is 0.588. The van der Waals surface area contributed by atoms with Gasteiger partial charge in [0, 0.05) is 18.1 Å². The molecule has 0 unspecified atom stereocenters. The first kappa shape index (κ1) is 19.2. The van der Waals surface area contributed by atoms with Gasteiger partial charge < -0.3 is 10.6 Å². The van der Waals surface area contributed by atoms with Crippen molar-refractivity contribution < 1.29 is 13.2 Å². The lowest BCUT2D eigenvalue weighted by molar-refractivity contribution is -0.123. The molecule has 1 aromatic carbocycles. The third-order valence-corrected chi connectivity index (χ3v) is 7.24. The molecule has 1 aromatic rings. The summed E-state index contributed by atoms with van der Waals surface area (Å²) in [4.78, 5) is 12.9. The summed E-state index contributed by atoms with van der Waals surface area (Å²) in [6, 6.07) is 6.05. The van der Waals surface area contributed by atoms with E-state index in [0.717, 1.165) is 25.8 Å². The van der Waals surface area contributed by atoms with Crippen LogP contribution in [0.2, 0.25) is 5.02 Å². The van der Waals surface area contributed by atoms with Crippen LogP contribution in [0.3, 0.4) is 0 Å². The molecule has 2 rings (SSSR count). The second kappa shape index (κ2) is 8.32. The molecule has 7 heteroatoms. The predicted octanol–water partition coefficient (Wildman–Crippen LogP) is 2.54. The summed E-state index contributed by atoms with van der Waals surface area (Å²) in [5.74, 6) is -0.381. The number of carbonyl (C=O) groups is 1. The van der Waals surface area contributed by atoms with Crippen molar-refractivity contribution >= 4 is 27.3 Å². The third-order valence-electron chi connectivity index (χ3n) is 4.48. The monoisotopic (exact) mass is 372 g/mol. The van der Waals surface area contributed by atoms with E-state index in [1.165, 1.54) is 12.1 Å². The molecular weight excluding hydrogens is 348 g/mol. The predicted molar refractivity (Wildman–Crippen MR) is 96.0 cm³/mol. The van der Waals surface area contributed by atoms with Crippen LogP contribution in [-0.4, -0.2) is 38.7 Å². The largest absolute Gasteiger partial charge is 0.353 e. The molecule has 0 spiro atoms. The van der Waals surface area contributed by atoms with Gasteiger partial charge >= 0.3 is 0 Å². The van der Waals surface area contributed by atoms with Gasteiger partial charge in [-0.2, -0.15) is 0 Å². The normalized spacial score (nSPS) is 16.9. The molecule has 0 saturated heterocycles. The highest BCUT2D eigenvalue weighted by Crippen LogP contribution is 2.40. The summed E-state index contributed by atoms with van der Waals surface area (Å²) in [6.45, 7) is 4.01.